The summed E-state index contributed by atoms with van der Waals surface area (Å²) >= 11 is 0. The Morgan fingerprint density at radius 1 is 1.00 bits per heavy atom. The summed E-state index contributed by atoms with van der Waals surface area (Å²) in [5, 5.41) is 3.75. The second-order valence-electron chi connectivity index (χ2n) is 7.77. The molecule has 1 N–H and O–H groups in total. The first-order valence-corrected chi connectivity index (χ1v) is 8.13. The van der Waals surface area contributed by atoms with Crippen LogP contribution in [-0.2, 0) is 0 Å². The van der Waals surface area contributed by atoms with E-state index in [1.807, 2.05) is 0 Å². The Balaban J connectivity index is 2.52. The summed E-state index contributed by atoms with van der Waals surface area (Å²) < 4.78 is 0. The van der Waals surface area contributed by atoms with E-state index in [0.717, 1.165) is 17.8 Å². The van der Waals surface area contributed by atoms with E-state index < -0.39 is 0 Å². The number of rotatable bonds is 5. The van der Waals surface area contributed by atoms with Crippen LogP contribution in [0.5, 0.6) is 0 Å². The van der Waals surface area contributed by atoms with Gasteiger partial charge in [0.2, 0.25) is 0 Å². The van der Waals surface area contributed by atoms with E-state index in [1.54, 1.807) is 0 Å². The maximum atomic E-state index is 3.75. The smallest absolute Gasteiger partial charge is 0.00966 e. The third-order valence-electron chi connectivity index (χ3n) is 4.24. The SMILES string of the molecule is CC(C)CC(CNC(C)(C)C)C1CCCCCC1. The first-order valence-electron chi connectivity index (χ1n) is 8.13. The van der Waals surface area contributed by atoms with E-state index in [9.17, 15) is 0 Å². The highest BCUT2D eigenvalue weighted by atomic mass is 14.9. The van der Waals surface area contributed by atoms with Crippen molar-refractivity contribution in [3.05, 3.63) is 0 Å². The van der Waals surface area contributed by atoms with Crippen LogP contribution in [0.2, 0.25) is 0 Å². The summed E-state index contributed by atoms with van der Waals surface area (Å²) in [6.45, 7) is 12.8. The summed E-state index contributed by atoms with van der Waals surface area (Å²) in [7, 11) is 0. The van der Waals surface area contributed by atoms with Gasteiger partial charge in [-0.15, -0.1) is 0 Å². The van der Waals surface area contributed by atoms with Crippen LogP contribution in [0.1, 0.15) is 79.6 Å². The lowest BCUT2D eigenvalue weighted by Gasteiger charge is -2.31. The van der Waals surface area contributed by atoms with E-state index in [1.165, 1.54) is 51.5 Å². The monoisotopic (exact) mass is 253 g/mol. The zero-order valence-electron chi connectivity index (χ0n) is 13.4. The molecule has 1 fully saturated rings. The highest BCUT2D eigenvalue weighted by molar-refractivity contribution is 4.79. The largest absolute Gasteiger partial charge is 0.312 e. The Bertz CT molecular complexity index is 206. The van der Waals surface area contributed by atoms with Gasteiger partial charge >= 0.3 is 0 Å². The van der Waals surface area contributed by atoms with Gasteiger partial charge in [-0.1, -0.05) is 52.4 Å². The van der Waals surface area contributed by atoms with Crippen LogP contribution >= 0.6 is 0 Å². The molecule has 1 aliphatic rings. The minimum atomic E-state index is 0.264. The number of hydrogen-bond donors (Lipinski definition) is 1. The van der Waals surface area contributed by atoms with Crippen molar-refractivity contribution in [1.29, 1.82) is 0 Å². The van der Waals surface area contributed by atoms with Crippen molar-refractivity contribution in [1.82, 2.24) is 5.32 Å². The van der Waals surface area contributed by atoms with Gasteiger partial charge in [0.15, 0.2) is 0 Å². The van der Waals surface area contributed by atoms with Crippen molar-refractivity contribution < 1.29 is 0 Å². The van der Waals surface area contributed by atoms with Crippen molar-refractivity contribution in [3.8, 4) is 0 Å². The third kappa shape index (κ3) is 6.78. The van der Waals surface area contributed by atoms with Gasteiger partial charge < -0.3 is 5.32 Å². The highest BCUT2D eigenvalue weighted by Crippen LogP contribution is 2.32. The summed E-state index contributed by atoms with van der Waals surface area (Å²) in [6, 6.07) is 0. The Labute approximate surface area is 115 Å². The molecule has 0 saturated heterocycles. The maximum Gasteiger partial charge on any atom is 0.00966 e. The molecule has 1 unspecified atom stereocenters. The summed E-state index contributed by atoms with van der Waals surface area (Å²) in [4.78, 5) is 0. The summed E-state index contributed by atoms with van der Waals surface area (Å²) in [5.41, 5.74) is 0.264. The van der Waals surface area contributed by atoms with E-state index >= 15 is 0 Å². The molecule has 108 valence electrons. The van der Waals surface area contributed by atoms with Crippen LogP contribution in [-0.4, -0.2) is 12.1 Å². The molecular weight excluding hydrogens is 218 g/mol. The van der Waals surface area contributed by atoms with Crippen molar-refractivity contribution in [2.45, 2.75) is 85.1 Å². The quantitative estimate of drug-likeness (QED) is 0.679. The first kappa shape index (κ1) is 16.0. The lowest BCUT2D eigenvalue weighted by molar-refractivity contribution is 0.229. The molecule has 0 heterocycles. The maximum absolute atomic E-state index is 3.75. The standard InChI is InChI=1S/C17H35N/c1-14(2)12-16(13-18-17(3,4)5)15-10-8-6-7-9-11-15/h14-16,18H,6-13H2,1-5H3. The van der Waals surface area contributed by atoms with Gasteiger partial charge in [0.25, 0.3) is 0 Å². The van der Waals surface area contributed by atoms with Gasteiger partial charge in [-0.2, -0.15) is 0 Å². The topological polar surface area (TPSA) is 12.0 Å². The molecule has 1 nitrogen and oxygen atoms in total. The average Bonchev–Trinajstić information content (AvgIpc) is 2.50. The minimum absolute atomic E-state index is 0.264. The van der Waals surface area contributed by atoms with Crippen LogP contribution < -0.4 is 5.32 Å². The molecule has 0 aromatic carbocycles. The average molecular weight is 253 g/mol. The van der Waals surface area contributed by atoms with E-state index in [0.29, 0.717) is 0 Å². The number of nitrogens with one attached hydrogen (secondary N) is 1. The molecular formula is C17H35N. The zero-order valence-corrected chi connectivity index (χ0v) is 13.4. The molecule has 0 aromatic heterocycles. The lowest BCUT2D eigenvalue weighted by atomic mass is 9.80. The van der Waals surface area contributed by atoms with Crippen molar-refractivity contribution >= 4 is 0 Å². The van der Waals surface area contributed by atoms with Crippen LogP contribution in [0.25, 0.3) is 0 Å². The predicted octanol–water partition coefficient (Wildman–Crippen LogP) is 5.01. The van der Waals surface area contributed by atoms with Crippen LogP contribution in [0.3, 0.4) is 0 Å². The fraction of sp³-hybridized carbons (Fsp3) is 1.00. The molecule has 0 spiro atoms. The third-order valence-corrected chi connectivity index (χ3v) is 4.24. The van der Waals surface area contributed by atoms with Crippen LogP contribution in [0.4, 0.5) is 0 Å². The highest BCUT2D eigenvalue weighted by Gasteiger charge is 2.24. The zero-order chi connectivity index (χ0) is 13.6. The second-order valence-corrected chi connectivity index (χ2v) is 7.77. The lowest BCUT2D eigenvalue weighted by Crippen LogP contribution is -2.41. The molecule has 18 heavy (non-hydrogen) atoms. The molecule has 0 aliphatic heterocycles. The molecule has 1 atom stereocenters. The van der Waals surface area contributed by atoms with E-state index in [4.69, 9.17) is 0 Å². The molecule has 1 rings (SSSR count). The Hall–Kier alpha value is -0.0400. The van der Waals surface area contributed by atoms with Crippen molar-refractivity contribution in [2.24, 2.45) is 17.8 Å². The molecule has 1 aliphatic carbocycles. The van der Waals surface area contributed by atoms with Gasteiger partial charge in [0.1, 0.15) is 0 Å². The molecule has 1 saturated carbocycles. The van der Waals surface area contributed by atoms with Gasteiger partial charge in [0.05, 0.1) is 0 Å². The molecule has 0 bridgehead atoms. The summed E-state index contributed by atoms with van der Waals surface area (Å²) in [6.07, 6.45) is 10.2. The fourth-order valence-electron chi connectivity index (χ4n) is 3.27. The Morgan fingerprint density at radius 3 is 2.00 bits per heavy atom. The van der Waals surface area contributed by atoms with Crippen molar-refractivity contribution in [2.75, 3.05) is 6.54 Å². The van der Waals surface area contributed by atoms with Gasteiger partial charge in [-0.25, -0.2) is 0 Å². The van der Waals surface area contributed by atoms with Gasteiger partial charge in [0, 0.05) is 5.54 Å². The molecule has 0 radical (unpaired) electrons. The molecule has 0 amide bonds. The van der Waals surface area contributed by atoms with Crippen molar-refractivity contribution in [3.63, 3.8) is 0 Å². The van der Waals surface area contributed by atoms with E-state index in [-0.39, 0.29) is 5.54 Å². The fourth-order valence-corrected chi connectivity index (χ4v) is 3.27. The van der Waals surface area contributed by atoms with Gasteiger partial charge in [-0.3, -0.25) is 0 Å². The first-order chi connectivity index (χ1) is 8.38. The van der Waals surface area contributed by atoms with Crippen LogP contribution in [0.15, 0.2) is 0 Å². The van der Waals surface area contributed by atoms with Crippen LogP contribution in [0, 0.1) is 17.8 Å². The molecule has 1 heteroatoms. The van der Waals surface area contributed by atoms with Gasteiger partial charge in [-0.05, 0) is 51.5 Å². The predicted molar refractivity (Wildman–Crippen MR) is 81.9 cm³/mol. The number of hydrogen-bond acceptors (Lipinski definition) is 1. The second kappa shape index (κ2) is 7.53. The van der Waals surface area contributed by atoms with E-state index in [2.05, 4.69) is 39.9 Å². The Kier molecular flexibility index (Phi) is 6.70. The normalized spacial score (nSPS) is 21.0. The minimum Gasteiger partial charge on any atom is -0.312 e. The Morgan fingerprint density at radius 2 is 1.56 bits per heavy atom. The molecule has 0 aromatic rings. The summed E-state index contributed by atoms with van der Waals surface area (Å²) in [5.74, 6) is 2.70.